The third-order valence-corrected chi connectivity index (χ3v) is 2.01. The van der Waals surface area contributed by atoms with Gasteiger partial charge < -0.3 is 10.8 Å². The number of aromatic nitrogens is 2. The van der Waals surface area contributed by atoms with E-state index in [1.54, 1.807) is 0 Å². The molecule has 1 atom stereocenters. The molecule has 0 aromatic carbocycles. The Morgan fingerprint density at radius 2 is 2.14 bits per heavy atom. The zero-order valence-electron chi connectivity index (χ0n) is 8.70. The SMILES string of the molecule is Cc1cc(C(O)CCCN)nc(C)n1. The standard InChI is InChI=1S/C10H17N3O/c1-7-6-9(13-8(2)12-7)10(14)4-3-5-11/h6,10,14H,3-5,11H2,1-2H3. The van der Waals surface area contributed by atoms with E-state index in [-0.39, 0.29) is 0 Å². The van der Waals surface area contributed by atoms with E-state index < -0.39 is 6.10 Å². The summed E-state index contributed by atoms with van der Waals surface area (Å²) in [5.74, 6) is 0.701. The van der Waals surface area contributed by atoms with Crippen molar-refractivity contribution >= 4 is 0 Å². The van der Waals surface area contributed by atoms with Crippen LogP contribution in [0.5, 0.6) is 0 Å². The van der Waals surface area contributed by atoms with Crippen LogP contribution in [0, 0.1) is 13.8 Å². The molecule has 1 unspecified atom stereocenters. The normalized spacial score (nSPS) is 12.9. The maximum absolute atomic E-state index is 9.75. The van der Waals surface area contributed by atoms with Crippen LogP contribution in [0.1, 0.15) is 36.2 Å². The third kappa shape index (κ3) is 3.05. The fourth-order valence-electron chi connectivity index (χ4n) is 1.38. The van der Waals surface area contributed by atoms with E-state index in [0.717, 1.165) is 12.1 Å². The van der Waals surface area contributed by atoms with Crippen LogP contribution in [0.25, 0.3) is 0 Å². The van der Waals surface area contributed by atoms with Crippen molar-refractivity contribution in [3.8, 4) is 0 Å². The van der Waals surface area contributed by atoms with Gasteiger partial charge in [0.1, 0.15) is 5.82 Å². The maximum atomic E-state index is 9.75. The van der Waals surface area contributed by atoms with Gasteiger partial charge in [-0.15, -0.1) is 0 Å². The lowest BCUT2D eigenvalue weighted by Crippen LogP contribution is -2.07. The Balaban J connectivity index is 2.73. The van der Waals surface area contributed by atoms with E-state index in [1.807, 2.05) is 19.9 Å². The van der Waals surface area contributed by atoms with Gasteiger partial charge in [0.15, 0.2) is 0 Å². The van der Waals surface area contributed by atoms with Crippen LogP contribution in [0.3, 0.4) is 0 Å². The predicted octanol–water partition coefficient (Wildman–Crippen LogP) is 0.866. The average Bonchev–Trinajstić information content (AvgIpc) is 2.12. The number of aryl methyl sites for hydroxylation is 2. The average molecular weight is 195 g/mol. The first-order valence-electron chi connectivity index (χ1n) is 4.84. The Labute approximate surface area is 84.2 Å². The van der Waals surface area contributed by atoms with E-state index in [4.69, 9.17) is 5.73 Å². The molecule has 0 saturated heterocycles. The molecule has 0 bridgehead atoms. The zero-order chi connectivity index (χ0) is 10.6. The fourth-order valence-corrected chi connectivity index (χ4v) is 1.38. The van der Waals surface area contributed by atoms with Crippen molar-refractivity contribution in [2.75, 3.05) is 6.54 Å². The Morgan fingerprint density at radius 1 is 1.43 bits per heavy atom. The predicted molar refractivity (Wildman–Crippen MR) is 54.8 cm³/mol. The molecule has 0 spiro atoms. The van der Waals surface area contributed by atoms with Crippen molar-refractivity contribution < 1.29 is 5.11 Å². The van der Waals surface area contributed by atoms with Gasteiger partial charge in [-0.3, -0.25) is 0 Å². The number of nitrogens with two attached hydrogens (primary N) is 1. The van der Waals surface area contributed by atoms with Crippen molar-refractivity contribution in [2.45, 2.75) is 32.8 Å². The van der Waals surface area contributed by atoms with Crippen LogP contribution in [-0.4, -0.2) is 21.6 Å². The highest BCUT2D eigenvalue weighted by atomic mass is 16.3. The fraction of sp³-hybridized carbons (Fsp3) is 0.600. The summed E-state index contributed by atoms with van der Waals surface area (Å²) in [5, 5.41) is 9.75. The second-order valence-corrected chi connectivity index (χ2v) is 3.43. The van der Waals surface area contributed by atoms with Crippen molar-refractivity contribution in [2.24, 2.45) is 5.73 Å². The molecule has 0 radical (unpaired) electrons. The number of aliphatic hydroxyl groups is 1. The minimum Gasteiger partial charge on any atom is -0.387 e. The summed E-state index contributed by atoms with van der Waals surface area (Å²) >= 11 is 0. The topological polar surface area (TPSA) is 72.0 Å². The van der Waals surface area contributed by atoms with E-state index in [2.05, 4.69) is 9.97 Å². The summed E-state index contributed by atoms with van der Waals surface area (Å²) in [6, 6.07) is 1.81. The first-order chi connectivity index (χ1) is 6.63. The maximum Gasteiger partial charge on any atom is 0.125 e. The summed E-state index contributed by atoms with van der Waals surface area (Å²) in [6.07, 6.45) is 0.953. The second-order valence-electron chi connectivity index (χ2n) is 3.43. The van der Waals surface area contributed by atoms with E-state index in [9.17, 15) is 5.11 Å². The molecule has 14 heavy (non-hydrogen) atoms. The van der Waals surface area contributed by atoms with Crippen LogP contribution in [0.15, 0.2) is 6.07 Å². The number of hydrogen-bond acceptors (Lipinski definition) is 4. The van der Waals surface area contributed by atoms with Gasteiger partial charge >= 0.3 is 0 Å². The largest absolute Gasteiger partial charge is 0.387 e. The molecule has 4 nitrogen and oxygen atoms in total. The van der Waals surface area contributed by atoms with Crippen LogP contribution < -0.4 is 5.73 Å². The molecule has 0 amide bonds. The third-order valence-electron chi connectivity index (χ3n) is 2.01. The summed E-state index contributed by atoms with van der Waals surface area (Å²) in [5.41, 5.74) is 6.96. The smallest absolute Gasteiger partial charge is 0.125 e. The highest BCUT2D eigenvalue weighted by Crippen LogP contribution is 2.16. The van der Waals surface area contributed by atoms with Crippen LogP contribution in [0.2, 0.25) is 0 Å². The van der Waals surface area contributed by atoms with Crippen molar-refractivity contribution in [1.82, 2.24) is 9.97 Å². The van der Waals surface area contributed by atoms with Gasteiger partial charge in [0.2, 0.25) is 0 Å². The lowest BCUT2D eigenvalue weighted by molar-refractivity contribution is 0.160. The summed E-state index contributed by atoms with van der Waals surface area (Å²) in [7, 11) is 0. The van der Waals surface area contributed by atoms with E-state index >= 15 is 0 Å². The van der Waals surface area contributed by atoms with Gasteiger partial charge in [0.25, 0.3) is 0 Å². The minimum atomic E-state index is -0.515. The highest BCUT2D eigenvalue weighted by molar-refractivity contribution is 5.11. The first-order valence-corrected chi connectivity index (χ1v) is 4.84. The molecule has 1 aromatic heterocycles. The number of nitrogens with zero attached hydrogens (tertiary/aromatic N) is 2. The zero-order valence-corrected chi connectivity index (χ0v) is 8.70. The van der Waals surface area contributed by atoms with Gasteiger partial charge in [0, 0.05) is 5.69 Å². The van der Waals surface area contributed by atoms with Crippen LogP contribution in [-0.2, 0) is 0 Å². The highest BCUT2D eigenvalue weighted by Gasteiger charge is 2.09. The number of hydrogen-bond donors (Lipinski definition) is 2. The molecule has 1 rings (SSSR count). The molecule has 1 aromatic rings. The minimum absolute atomic E-state index is 0.515. The van der Waals surface area contributed by atoms with Crippen LogP contribution >= 0.6 is 0 Å². The molecule has 0 fully saturated rings. The van der Waals surface area contributed by atoms with E-state index in [0.29, 0.717) is 24.5 Å². The second kappa shape index (κ2) is 5.02. The Bertz CT molecular complexity index is 281. The van der Waals surface area contributed by atoms with Crippen molar-refractivity contribution in [3.05, 3.63) is 23.3 Å². The molecular formula is C10H17N3O. The molecule has 0 aliphatic rings. The molecular weight excluding hydrogens is 178 g/mol. The Kier molecular flexibility index (Phi) is 3.98. The van der Waals surface area contributed by atoms with Gasteiger partial charge in [-0.25, -0.2) is 9.97 Å². The number of rotatable bonds is 4. The van der Waals surface area contributed by atoms with Gasteiger partial charge in [0.05, 0.1) is 11.8 Å². The van der Waals surface area contributed by atoms with E-state index in [1.165, 1.54) is 0 Å². The van der Waals surface area contributed by atoms with Gasteiger partial charge in [-0.2, -0.15) is 0 Å². The summed E-state index contributed by atoms with van der Waals surface area (Å²) in [6.45, 7) is 4.32. The first kappa shape index (κ1) is 11.1. The molecule has 78 valence electrons. The van der Waals surface area contributed by atoms with Gasteiger partial charge in [-0.05, 0) is 39.3 Å². The molecule has 3 N–H and O–H groups in total. The molecule has 0 aliphatic carbocycles. The molecule has 1 heterocycles. The lowest BCUT2D eigenvalue weighted by Gasteiger charge is -2.10. The lowest BCUT2D eigenvalue weighted by atomic mass is 10.1. The van der Waals surface area contributed by atoms with Crippen molar-refractivity contribution in [1.29, 1.82) is 0 Å². The van der Waals surface area contributed by atoms with Gasteiger partial charge in [-0.1, -0.05) is 0 Å². The Hall–Kier alpha value is -1.00. The quantitative estimate of drug-likeness (QED) is 0.747. The summed E-state index contributed by atoms with van der Waals surface area (Å²) in [4.78, 5) is 8.33. The molecule has 4 heteroatoms. The summed E-state index contributed by atoms with van der Waals surface area (Å²) < 4.78 is 0. The van der Waals surface area contributed by atoms with Crippen LogP contribution in [0.4, 0.5) is 0 Å². The number of aliphatic hydroxyl groups excluding tert-OH is 1. The van der Waals surface area contributed by atoms with Crippen molar-refractivity contribution in [3.63, 3.8) is 0 Å². The molecule has 0 aliphatic heterocycles. The molecule has 0 saturated carbocycles. The monoisotopic (exact) mass is 195 g/mol. The Morgan fingerprint density at radius 3 is 2.71 bits per heavy atom.